The highest BCUT2D eigenvalue weighted by molar-refractivity contribution is 9.11. The summed E-state index contributed by atoms with van der Waals surface area (Å²) in [5.74, 6) is -0.874. The van der Waals surface area contributed by atoms with Gasteiger partial charge in [-0.15, -0.1) is 45.3 Å². The van der Waals surface area contributed by atoms with Crippen LogP contribution in [0.5, 0.6) is 0 Å². The Labute approximate surface area is 829 Å². The first-order chi connectivity index (χ1) is 60.8. The Morgan fingerprint density at radius 3 is 1.09 bits per heavy atom. The van der Waals surface area contributed by atoms with Crippen LogP contribution in [-0.2, 0) is 28.5 Å². The zero-order chi connectivity index (χ0) is 92.8. The second kappa shape index (κ2) is 50.1. The molecule has 5 saturated heterocycles. The summed E-state index contributed by atoms with van der Waals surface area (Å²) in [6, 6.07) is 22.6. The topological polar surface area (TPSA) is 202 Å². The van der Waals surface area contributed by atoms with Gasteiger partial charge in [-0.1, -0.05) is 81.5 Å². The number of thiazole rings is 7. The monoisotopic (exact) mass is 2170 g/mol. The number of halogens is 6. The number of ether oxygens (including phenoxy) is 4. The van der Waals surface area contributed by atoms with Crippen molar-refractivity contribution in [3.05, 3.63) is 151 Å². The minimum absolute atomic E-state index is 0.434. The van der Waals surface area contributed by atoms with E-state index in [0.717, 1.165) is 201 Å². The number of aryl methyl sites for hydroxylation is 2. The van der Waals surface area contributed by atoms with Crippen molar-refractivity contribution in [2.45, 2.75) is 178 Å². The van der Waals surface area contributed by atoms with Gasteiger partial charge in [0.2, 0.25) is 0 Å². The van der Waals surface area contributed by atoms with Gasteiger partial charge in [-0.25, -0.2) is 34.5 Å². The van der Waals surface area contributed by atoms with Crippen LogP contribution in [0.3, 0.4) is 0 Å². The van der Waals surface area contributed by atoms with Crippen molar-refractivity contribution < 1.29 is 28.5 Å². The average Bonchev–Trinajstić information content (AvgIpc) is 1.57. The number of anilines is 4. The normalized spacial score (nSPS) is 16.4. The molecular formula is C92H125Br4Cl2N17O6S7. The molecule has 698 valence electrons. The van der Waals surface area contributed by atoms with Gasteiger partial charge in [-0.3, -0.25) is 34.5 Å². The predicted molar refractivity (Wildman–Crippen MR) is 556 cm³/mol. The lowest BCUT2D eigenvalue weighted by molar-refractivity contribution is -0.164. The number of rotatable bonds is 18. The number of carbonyl (C=O) groups is 2. The molecule has 0 unspecified atom stereocenters. The van der Waals surface area contributed by atoms with Crippen molar-refractivity contribution in [2.75, 3.05) is 165 Å². The molecule has 0 saturated carbocycles. The quantitative estimate of drug-likeness (QED) is 0.0794. The number of fused-ring (bicyclic) bond motifs is 2. The summed E-state index contributed by atoms with van der Waals surface area (Å²) < 4.78 is 28.6. The molecule has 7 aromatic heterocycles. The number of hydrogen-bond acceptors (Lipinski definition) is 30. The molecule has 23 nitrogen and oxygen atoms in total. The molecule has 4 aromatic carbocycles. The van der Waals surface area contributed by atoms with Gasteiger partial charge in [0, 0.05) is 193 Å². The van der Waals surface area contributed by atoms with Crippen LogP contribution in [0.25, 0.3) is 52.7 Å². The van der Waals surface area contributed by atoms with E-state index in [1.807, 2.05) is 146 Å². The molecule has 1 N–H and O–H groups in total. The SMILES string of the molecule is Brc1cncs1.CC(C)N1CCN(c2cnc(Br)s2)CC1.CC(C)N1CCN(c2cnc(Br)s2)CC1.CC(C)N1CCN(c2cncs2)CC1.CC(C)N1CCNCC1.COC(=O)[C@@H](OC(C)(C)C)c1c(C)cc2nc(-c3ncc(N4CCN(C(C)C)CC4)s3)sc2c1-c1ccc(Cl)cc1.COC(=O)[C@@H](OC(C)(C)C)c1c(C)cc2nc(Br)sc2c1-c1ccc(Cl)cc1. The zero-order valence-electron chi connectivity index (χ0n) is 77.2. The van der Waals surface area contributed by atoms with E-state index in [9.17, 15) is 9.59 Å². The first kappa shape index (κ1) is 105. The Bertz CT molecular complexity index is 5140. The number of nitrogens with zero attached hydrogens (tertiary/aromatic N) is 16. The second-order valence-corrected chi connectivity index (χ2v) is 47.7. The Kier molecular flexibility index (Phi) is 41.2. The van der Waals surface area contributed by atoms with Gasteiger partial charge in [-0.2, -0.15) is 0 Å². The van der Waals surface area contributed by atoms with E-state index in [2.05, 4.69) is 207 Å². The van der Waals surface area contributed by atoms with Crippen molar-refractivity contribution in [3.8, 4) is 32.3 Å². The summed E-state index contributed by atoms with van der Waals surface area (Å²) in [7, 11) is 2.77. The van der Waals surface area contributed by atoms with Crippen LogP contribution in [0, 0.1) is 13.8 Å². The molecule has 0 bridgehead atoms. The van der Waals surface area contributed by atoms with E-state index < -0.39 is 35.3 Å². The molecule has 36 heteroatoms. The molecule has 5 aliphatic heterocycles. The number of esters is 2. The van der Waals surface area contributed by atoms with Crippen molar-refractivity contribution in [3.63, 3.8) is 0 Å². The van der Waals surface area contributed by atoms with E-state index in [-0.39, 0.29) is 0 Å². The van der Waals surface area contributed by atoms with Crippen molar-refractivity contribution in [2.24, 2.45) is 0 Å². The first-order valence-electron chi connectivity index (χ1n) is 43.4. The van der Waals surface area contributed by atoms with Gasteiger partial charge in [0.25, 0.3) is 0 Å². The van der Waals surface area contributed by atoms with Gasteiger partial charge < -0.3 is 43.9 Å². The van der Waals surface area contributed by atoms with Crippen molar-refractivity contribution in [1.82, 2.24) is 64.7 Å². The highest BCUT2D eigenvalue weighted by atomic mass is 79.9. The number of aromatic nitrogens is 7. The minimum Gasteiger partial charge on any atom is -0.467 e. The molecule has 128 heavy (non-hydrogen) atoms. The van der Waals surface area contributed by atoms with E-state index in [4.69, 9.17) is 52.1 Å². The van der Waals surface area contributed by atoms with Gasteiger partial charge in [0.1, 0.15) is 20.0 Å². The summed E-state index contributed by atoms with van der Waals surface area (Å²) in [6.07, 6.45) is 7.86. The summed E-state index contributed by atoms with van der Waals surface area (Å²) in [5.41, 5.74) is 11.4. The summed E-state index contributed by atoms with van der Waals surface area (Å²) in [6.45, 7) is 60.7. The van der Waals surface area contributed by atoms with E-state index in [1.165, 1.54) is 71.7 Å². The van der Waals surface area contributed by atoms with Gasteiger partial charge >= 0.3 is 11.9 Å². The first-order valence-corrected chi connectivity index (χ1v) is 53.2. The van der Waals surface area contributed by atoms with Crippen LogP contribution >= 0.6 is 166 Å². The standard InChI is InChI=1S/C31H37ClN4O3S2.C21H21BrClNO3S.2C10H16BrN3S.C10H17N3S.C7H16N2.C3H2BrNS/c1-18(2)35-12-14-36(15-13-35)23-17-33-28(40-23)29-34-22-16-19(3)24(26(30(37)38-7)39-31(4,5)6)25(27(22)41-29)20-8-10-21(32)11-9-20;1-11-10-14-18(28-20(22)24-14)16(12-6-8-13(23)9-7-12)15(11)17(19(25)26-5)27-21(2,3)4;2*1-8(2)13-3-5-14(6-4-13)9-7-12-10(11)15-9;1-9(2)12-3-5-13(6-4-12)10-7-11-8-14-10;1-7(2)9-5-3-8-4-6-9;4-3-1-5-2-6-3/h8-11,16-18,26H,12-15H2,1-7H3;6-10,17H,1-5H3;2*7-8H,3-6H2,1-2H3;7-9H,3-6H2,1-2H3;7-8H,3-6H2,1-2H3;1-2H/t26-;17-;;;;;/m00...../s1. The van der Waals surface area contributed by atoms with Crippen LogP contribution < -0.4 is 24.9 Å². The van der Waals surface area contributed by atoms with Crippen molar-refractivity contribution in [1.29, 1.82) is 0 Å². The van der Waals surface area contributed by atoms with Gasteiger partial charge in [0.15, 0.2) is 34.0 Å². The molecule has 0 aliphatic carbocycles. The molecule has 0 spiro atoms. The fraction of sp³-hybridized carbons (Fsp3) is 0.533. The molecule has 16 rings (SSSR count). The minimum atomic E-state index is -0.906. The third-order valence-electron chi connectivity index (χ3n) is 22.1. The summed E-state index contributed by atoms with van der Waals surface area (Å²) in [5, 5.41) is 11.4. The molecule has 2 atom stereocenters. The number of benzene rings is 4. The van der Waals surface area contributed by atoms with Crippen LogP contribution in [0.15, 0.2) is 118 Å². The van der Waals surface area contributed by atoms with E-state index in [1.54, 1.807) is 79.7 Å². The van der Waals surface area contributed by atoms with Crippen LogP contribution in [0.4, 0.5) is 20.0 Å². The highest BCUT2D eigenvalue weighted by Gasteiger charge is 2.37. The maximum Gasteiger partial charge on any atom is 0.339 e. The maximum absolute atomic E-state index is 13.2. The fourth-order valence-electron chi connectivity index (χ4n) is 15.2. The Balaban J connectivity index is 0.000000169. The predicted octanol–water partition coefficient (Wildman–Crippen LogP) is 23.1. The lowest BCUT2D eigenvalue weighted by Gasteiger charge is -2.37. The van der Waals surface area contributed by atoms with Crippen molar-refractivity contribution >= 4 is 219 Å². The third kappa shape index (κ3) is 30.8. The zero-order valence-corrected chi connectivity index (χ0v) is 90.8. The lowest BCUT2D eigenvalue weighted by atomic mass is 9.91. The summed E-state index contributed by atoms with van der Waals surface area (Å²) >= 11 is 37.4. The van der Waals surface area contributed by atoms with Gasteiger partial charge in [0.05, 0.1) is 91.6 Å². The highest BCUT2D eigenvalue weighted by Crippen LogP contribution is 2.48. The van der Waals surface area contributed by atoms with Gasteiger partial charge in [-0.05, 0) is 247 Å². The molecule has 0 radical (unpaired) electrons. The molecule has 12 heterocycles. The summed E-state index contributed by atoms with van der Waals surface area (Å²) in [4.78, 5) is 78.9. The molecular weight excluding hydrogens is 2050 g/mol. The average molecular weight is 2180 g/mol. The number of nitrogens with one attached hydrogen (secondary N) is 1. The lowest BCUT2D eigenvalue weighted by Crippen LogP contribution is -2.48. The fourth-order valence-corrected chi connectivity index (χ4v) is 23.1. The third-order valence-corrected chi connectivity index (χ3v) is 31.7. The maximum atomic E-state index is 13.2. The van der Waals surface area contributed by atoms with Crippen LogP contribution in [0.1, 0.15) is 145 Å². The molecule has 5 fully saturated rings. The molecule has 0 amide bonds. The number of piperazine rings is 5. The van der Waals surface area contributed by atoms with Crippen LogP contribution in [-0.4, -0.2) is 258 Å². The molecule has 11 aromatic rings. The Morgan fingerprint density at radius 2 is 0.766 bits per heavy atom. The second-order valence-electron chi connectivity index (χ2n) is 34.8. The molecule has 5 aliphatic rings. The number of hydrogen-bond donors (Lipinski definition) is 1. The number of methoxy groups -OCH3 is 2. The van der Waals surface area contributed by atoms with E-state index in [0.29, 0.717) is 34.2 Å². The Hall–Kier alpha value is -4.87. The Morgan fingerprint density at radius 1 is 0.414 bits per heavy atom. The smallest absolute Gasteiger partial charge is 0.339 e. The van der Waals surface area contributed by atoms with E-state index >= 15 is 0 Å². The largest absolute Gasteiger partial charge is 0.467 e. The number of carbonyl (C=O) groups excluding carboxylic acids is 2. The van der Waals surface area contributed by atoms with Crippen LogP contribution in [0.2, 0.25) is 10.0 Å².